The Bertz CT molecular complexity index is 76.6. The molecule has 1 nitrogen and oxygen atoms in total. The quantitative estimate of drug-likeness (QED) is 0.608. The Labute approximate surface area is 57.1 Å². The summed E-state index contributed by atoms with van der Waals surface area (Å²) in [6.45, 7) is 2.51. The lowest BCUT2D eigenvalue weighted by molar-refractivity contribution is 0.314. The second-order valence-corrected chi connectivity index (χ2v) is 3.02. The second kappa shape index (κ2) is 3.21. The summed E-state index contributed by atoms with van der Waals surface area (Å²) in [6.07, 6.45) is 5.89. The monoisotopic (exact) mass is 127 g/mol. The van der Waals surface area contributed by atoms with Crippen LogP contribution in [0.2, 0.25) is 0 Å². The predicted octanol–water partition coefficient (Wildman–Crippen LogP) is 1.62. The minimum Gasteiger partial charge on any atom is -0.396 e. The van der Waals surface area contributed by atoms with Crippen LogP contribution in [0, 0.1) is 18.3 Å². The maximum absolute atomic E-state index is 8.46. The summed E-state index contributed by atoms with van der Waals surface area (Å²) in [4.78, 5) is 0. The van der Waals surface area contributed by atoms with Gasteiger partial charge in [-0.1, -0.05) is 6.92 Å². The Morgan fingerprint density at radius 2 is 2.33 bits per heavy atom. The molecule has 0 amide bonds. The van der Waals surface area contributed by atoms with Crippen LogP contribution in [0.4, 0.5) is 0 Å². The average molecular weight is 127 g/mol. The normalized spacial score (nSPS) is 22.0. The summed E-state index contributed by atoms with van der Waals surface area (Å²) >= 11 is 0. The summed E-state index contributed by atoms with van der Waals surface area (Å²) in [5.74, 6) is 1.80. The van der Waals surface area contributed by atoms with Crippen LogP contribution in [0.1, 0.15) is 26.2 Å². The molecule has 0 bridgehead atoms. The van der Waals surface area contributed by atoms with Gasteiger partial charge in [-0.2, -0.15) is 0 Å². The van der Waals surface area contributed by atoms with E-state index in [2.05, 4.69) is 6.92 Å². The topological polar surface area (TPSA) is 20.2 Å². The first-order valence-electron chi connectivity index (χ1n) is 3.77. The van der Waals surface area contributed by atoms with Gasteiger partial charge in [0.1, 0.15) is 0 Å². The fraction of sp³-hybridized carbons (Fsp3) is 0.875. The molecule has 1 heteroatoms. The molecule has 0 aliphatic heterocycles. The van der Waals surface area contributed by atoms with Gasteiger partial charge in [-0.25, -0.2) is 0 Å². The van der Waals surface area contributed by atoms with Crippen molar-refractivity contribution in [1.29, 1.82) is 0 Å². The molecule has 53 valence electrons. The van der Waals surface area contributed by atoms with Crippen molar-refractivity contribution in [1.82, 2.24) is 0 Å². The third kappa shape index (κ3) is 2.35. The SMILES string of the molecule is CC(C[CH]CO)C1CC1. The van der Waals surface area contributed by atoms with E-state index < -0.39 is 0 Å². The van der Waals surface area contributed by atoms with Gasteiger partial charge in [0.15, 0.2) is 0 Å². The zero-order valence-corrected chi connectivity index (χ0v) is 6.01. The van der Waals surface area contributed by atoms with E-state index in [1.165, 1.54) is 12.8 Å². The molecule has 0 spiro atoms. The molecule has 1 unspecified atom stereocenters. The minimum atomic E-state index is 0.247. The summed E-state index contributed by atoms with van der Waals surface area (Å²) in [5, 5.41) is 8.46. The Balaban J connectivity index is 1.96. The number of aliphatic hydroxyl groups excluding tert-OH is 1. The lowest BCUT2D eigenvalue weighted by atomic mass is 10.0. The van der Waals surface area contributed by atoms with Gasteiger partial charge in [0, 0.05) is 6.61 Å². The first-order valence-corrected chi connectivity index (χ1v) is 3.77. The zero-order valence-electron chi connectivity index (χ0n) is 6.01. The van der Waals surface area contributed by atoms with Crippen molar-refractivity contribution in [2.45, 2.75) is 26.2 Å². The van der Waals surface area contributed by atoms with E-state index in [1.807, 2.05) is 6.42 Å². The molecule has 1 rings (SSSR count). The highest BCUT2D eigenvalue weighted by atomic mass is 16.2. The van der Waals surface area contributed by atoms with Gasteiger partial charge in [0.25, 0.3) is 0 Å². The Morgan fingerprint density at radius 3 is 2.78 bits per heavy atom. The van der Waals surface area contributed by atoms with Crippen molar-refractivity contribution in [3.05, 3.63) is 6.42 Å². The molecule has 0 aromatic carbocycles. The Kier molecular flexibility index (Phi) is 2.52. The maximum Gasteiger partial charge on any atom is 0.0462 e. The molecule has 0 heterocycles. The summed E-state index contributed by atoms with van der Waals surface area (Å²) in [5.41, 5.74) is 0. The third-order valence-electron chi connectivity index (χ3n) is 2.09. The molecule has 0 aromatic rings. The van der Waals surface area contributed by atoms with E-state index in [0.29, 0.717) is 0 Å². The van der Waals surface area contributed by atoms with Crippen LogP contribution >= 0.6 is 0 Å². The third-order valence-corrected chi connectivity index (χ3v) is 2.09. The van der Waals surface area contributed by atoms with Crippen LogP contribution in [-0.4, -0.2) is 11.7 Å². The Hall–Kier alpha value is -0.0400. The number of rotatable bonds is 4. The van der Waals surface area contributed by atoms with Gasteiger partial charge in [-0.05, 0) is 37.5 Å². The van der Waals surface area contributed by atoms with Crippen LogP contribution in [-0.2, 0) is 0 Å². The maximum atomic E-state index is 8.46. The van der Waals surface area contributed by atoms with Crippen LogP contribution in [0.3, 0.4) is 0 Å². The highest BCUT2D eigenvalue weighted by molar-refractivity contribution is 4.81. The molecule has 9 heavy (non-hydrogen) atoms. The molecule has 1 radical (unpaired) electrons. The molecule has 1 saturated carbocycles. The lowest BCUT2D eigenvalue weighted by Gasteiger charge is -2.06. The molecule has 0 aromatic heterocycles. The first-order chi connectivity index (χ1) is 4.34. The van der Waals surface area contributed by atoms with E-state index in [0.717, 1.165) is 18.3 Å². The van der Waals surface area contributed by atoms with Gasteiger partial charge >= 0.3 is 0 Å². The van der Waals surface area contributed by atoms with Crippen LogP contribution < -0.4 is 0 Å². The summed E-state index contributed by atoms with van der Waals surface area (Å²) < 4.78 is 0. The molecule has 1 aliphatic carbocycles. The smallest absolute Gasteiger partial charge is 0.0462 e. The molecular weight excluding hydrogens is 112 g/mol. The van der Waals surface area contributed by atoms with Crippen molar-refractivity contribution in [2.24, 2.45) is 11.8 Å². The second-order valence-electron chi connectivity index (χ2n) is 3.02. The van der Waals surface area contributed by atoms with Crippen LogP contribution in [0.25, 0.3) is 0 Å². The van der Waals surface area contributed by atoms with Gasteiger partial charge in [0.05, 0.1) is 0 Å². The summed E-state index contributed by atoms with van der Waals surface area (Å²) in [7, 11) is 0. The number of hydrogen-bond acceptors (Lipinski definition) is 1. The Morgan fingerprint density at radius 1 is 1.67 bits per heavy atom. The molecule has 1 atom stereocenters. The first kappa shape index (κ1) is 7.07. The largest absolute Gasteiger partial charge is 0.396 e. The molecule has 1 aliphatic rings. The number of hydrogen-bond donors (Lipinski definition) is 1. The van der Waals surface area contributed by atoms with E-state index in [9.17, 15) is 0 Å². The fourth-order valence-electron chi connectivity index (χ4n) is 1.20. The lowest BCUT2D eigenvalue weighted by Crippen LogP contribution is -1.98. The van der Waals surface area contributed by atoms with Crippen molar-refractivity contribution in [2.75, 3.05) is 6.61 Å². The van der Waals surface area contributed by atoms with Crippen molar-refractivity contribution >= 4 is 0 Å². The van der Waals surface area contributed by atoms with E-state index in [4.69, 9.17) is 5.11 Å². The van der Waals surface area contributed by atoms with E-state index in [-0.39, 0.29) is 6.61 Å². The average Bonchev–Trinajstić information content (AvgIpc) is 2.63. The molecular formula is C8H15O. The van der Waals surface area contributed by atoms with Crippen molar-refractivity contribution in [3.63, 3.8) is 0 Å². The van der Waals surface area contributed by atoms with Gasteiger partial charge in [-0.15, -0.1) is 0 Å². The van der Waals surface area contributed by atoms with E-state index >= 15 is 0 Å². The number of aliphatic hydroxyl groups is 1. The minimum absolute atomic E-state index is 0.247. The van der Waals surface area contributed by atoms with Gasteiger partial charge in [-0.3, -0.25) is 0 Å². The molecule has 0 saturated heterocycles. The van der Waals surface area contributed by atoms with Crippen LogP contribution in [0.5, 0.6) is 0 Å². The van der Waals surface area contributed by atoms with E-state index in [1.54, 1.807) is 0 Å². The predicted molar refractivity (Wildman–Crippen MR) is 37.9 cm³/mol. The zero-order chi connectivity index (χ0) is 6.69. The standard InChI is InChI=1S/C8H15O/c1-7(3-2-6-9)8-4-5-8/h2,7-9H,3-6H2,1H3. The highest BCUT2D eigenvalue weighted by Crippen LogP contribution is 2.38. The van der Waals surface area contributed by atoms with Crippen LogP contribution in [0.15, 0.2) is 0 Å². The van der Waals surface area contributed by atoms with Crippen molar-refractivity contribution < 1.29 is 5.11 Å². The van der Waals surface area contributed by atoms with Crippen molar-refractivity contribution in [3.8, 4) is 0 Å². The fourth-order valence-corrected chi connectivity index (χ4v) is 1.20. The highest BCUT2D eigenvalue weighted by Gasteiger charge is 2.26. The molecule has 1 N–H and O–H groups in total. The van der Waals surface area contributed by atoms with Gasteiger partial charge in [0.2, 0.25) is 0 Å². The molecule has 1 fully saturated rings. The summed E-state index contributed by atoms with van der Waals surface area (Å²) in [6, 6.07) is 0. The van der Waals surface area contributed by atoms with Gasteiger partial charge < -0.3 is 5.11 Å².